The maximum Gasteiger partial charge on any atom is 0.702 e. The summed E-state index contributed by atoms with van der Waals surface area (Å²) in [7, 11) is -2.50. The van der Waals surface area contributed by atoms with Gasteiger partial charge in [0.2, 0.25) is 12.6 Å². The number of hydrogen-bond acceptors (Lipinski definition) is 5. The van der Waals surface area contributed by atoms with Gasteiger partial charge in [-0.2, -0.15) is 0 Å². The molecule has 0 aromatic carbocycles. The van der Waals surface area contributed by atoms with Crippen molar-refractivity contribution in [2.24, 2.45) is 0 Å². The molecule has 0 aliphatic rings. The zero-order chi connectivity index (χ0) is 36.4. The maximum absolute atomic E-state index is 12.0. The quantitative estimate of drug-likeness (QED) is 0.0371. The summed E-state index contributed by atoms with van der Waals surface area (Å²) < 4.78 is 22.2. The van der Waals surface area contributed by atoms with Crippen LogP contribution in [0.4, 0.5) is 0 Å². The fourth-order valence-corrected chi connectivity index (χ4v) is 7.78. The van der Waals surface area contributed by atoms with Crippen molar-refractivity contribution >= 4 is 8.25 Å². The van der Waals surface area contributed by atoms with Gasteiger partial charge in [-0.05, 0) is 12.8 Å². The van der Waals surface area contributed by atoms with E-state index in [9.17, 15) is 14.8 Å². The Morgan fingerprint density at radius 3 is 0.660 bits per heavy atom. The highest BCUT2D eigenvalue weighted by Crippen LogP contribution is 2.30. The van der Waals surface area contributed by atoms with E-state index in [1.54, 1.807) is 0 Å². The number of unbranched alkanes of at least 4 members (excludes halogenated alkanes) is 36. The highest BCUT2D eigenvalue weighted by molar-refractivity contribution is 7.33. The molecule has 0 aliphatic carbocycles. The zero-order valence-corrected chi connectivity index (χ0v) is 34.9. The molecule has 0 fully saturated rings. The predicted octanol–water partition coefficient (Wildman–Crippen LogP) is 16.0. The topological polar surface area (TPSA) is 76.0 Å². The van der Waals surface area contributed by atoms with E-state index in [1.165, 1.54) is 218 Å². The van der Waals surface area contributed by atoms with Gasteiger partial charge < -0.3 is 10.2 Å². The van der Waals surface area contributed by atoms with Crippen LogP contribution in [0.25, 0.3) is 0 Å². The lowest BCUT2D eigenvalue weighted by molar-refractivity contribution is -0.0648. The third-order valence-electron chi connectivity index (χ3n) is 10.5. The zero-order valence-electron chi connectivity index (χ0n) is 34.0. The second-order valence-electron chi connectivity index (χ2n) is 15.6. The highest BCUT2D eigenvalue weighted by atomic mass is 31.1. The van der Waals surface area contributed by atoms with Crippen LogP contribution in [0, 0.1) is 0 Å². The normalized spacial score (nSPS) is 13.2. The molecule has 0 amide bonds. The Hall–Kier alpha value is -0.0600. The van der Waals surface area contributed by atoms with Crippen LogP contribution in [0.3, 0.4) is 0 Å². The van der Waals surface area contributed by atoms with Gasteiger partial charge in [0.05, 0.1) is 0 Å². The van der Waals surface area contributed by atoms with Crippen molar-refractivity contribution in [2.75, 3.05) is 0 Å². The number of hydrogen-bond donors (Lipinski definition) is 2. The molecule has 0 heterocycles. The minimum absolute atomic E-state index is 0.457. The lowest BCUT2D eigenvalue weighted by atomic mass is 10.0. The molecule has 0 aliphatic heterocycles. The fraction of sp³-hybridized carbons (Fsp3) is 1.00. The van der Waals surface area contributed by atoms with Crippen LogP contribution < -0.4 is 0 Å². The Morgan fingerprint density at radius 1 is 0.320 bits per heavy atom. The molecule has 300 valence electrons. The molecule has 0 spiro atoms. The summed E-state index contributed by atoms with van der Waals surface area (Å²) >= 11 is 0. The summed E-state index contributed by atoms with van der Waals surface area (Å²) in [4.78, 5) is 0. The van der Waals surface area contributed by atoms with Gasteiger partial charge in [0.25, 0.3) is 0 Å². The molecule has 2 N–H and O–H groups in total. The van der Waals surface area contributed by atoms with Crippen LogP contribution >= 0.6 is 8.25 Å². The van der Waals surface area contributed by atoms with Crippen LogP contribution in [0.5, 0.6) is 0 Å². The van der Waals surface area contributed by atoms with Gasteiger partial charge in [0.1, 0.15) is 0 Å². The van der Waals surface area contributed by atoms with Crippen LogP contribution in [0.1, 0.15) is 271 Å². The third-order valence-corrected chi connectivity index (χ3v) is 11.4. The summed E-state index contributed by atoms with van der Waals surface area (Å²) in [6.45, 7) is 4.57. The van der Waals surface area contributed by atoms with E-state index in [1.807, 2.05) is 0 Å². The lowest BCUT2D eigenvalue weighted by Crippen LogP contribution is -2.12. The highest BCUT2D eigenvalue weighted by Gasteiger charge is 2.29. The first-order valence-electron chi connectivity index (χ1n) is 22.8. The Balaban J connectivity index is 3.35. The van der Waals surface area contributed by atoms with Gasteiger partial charge in [-0.15, -0.1) is 0 Å². The summed E-state index contributed by atoms with van der Waals surface area (Å²) in [5, 5.41) is 20.1. The lowest BCUT2D eigenvalue weighted by Gasteiger charge is -2.06. The van der Waals surface area contributed by atoms with Crippen molar-refractivity contribution in [1.82, 2.24) is 0 Å². The third kappa shape index (κ3) is 42.4. The van der Waals surface area contributed by atoms with Crippen molar-refractivity contribution < 1.29 is 23.8 Å². The molecule has 6 heteroatoms. The Kier molecular flexibility index (Phi) is 43.3. The van der Waals surface area contributed by atoms with Crippen molar-refractivity contribution in [3.63, 3.8) is 0 Å². The van der Waals surface area contributed by atoms with Crippen LogP contribution in [-0.4, -0.2) is 22.8 Å². The van der Waals surface area contributed by atoms with E-state index >= 15 is 0 Å². The molecule has 2 atom stereocenters. The SMILES string of the molecule is CCCCCCCCCCCCCCCCCCCCCC(O)O[P+](=O)OC(O)CCCCCCCCCCCCCCCCCCCCC. The van der Waals surface area contributed by atoms with E-state index in [4.69, 9.17) is 9.05 Å². The summed E-state index contributed by atoms with van der Waals surface area (Å²) in [5.74, 6) is 0. The van der Waals surface area contributed by atoms with E-state index in [2.05, 4.69) is 13.8 Å². The second kappa shape index (κ2) is 43.3. The molecule has 0 rings (SSSR count). The maximum atomic E-state index is 12.0. The minimum Gasteiger partial charge on any atom is -0.364 e. The first-order valence-corrected chi connectivity index (χ1v) is 23.9. The van der Waals surface area contributed by atoms with Gasteiger partial charge in [-0.1, -0.05) is 254 Å². The van der Waals surface area contributed by atoms with Gasteiger partial charge in [-0.25, -0.2) is 0 Å². The van der Waals surface area contributed by atoms with Crippen LogP contribution in [0.2, 0.25) is 0 Å². The van der Waals surface area contributed by atoms with Crippen molar-refractivity contribution in [3.05, 3.63) is 0 Å². The molecule has 0 radical (unpaired) electrons. The molecule has 0 bridgehead atoms. The predicted molar refractivity (Wildman–Crippen MR) is 218 cm³/mol. The van der Waals surface area contributed by atoms with Gasteiger partial charge in [-0.3, -0.25) is 0 Å². The molecule has 5 nitrogen and oxygen atoms in total. The smallest absolute Gasteiger partial charge is 0.364 e. The van der Waals surface area contributed by atoms with Crippen molar-refractivity contribution in [1.29, 1.82) is 0 Å². The average molecular weight is 730 g/mol. The fourth-order valence-electron chi connectivity index (χ4n) is 7.12. The molecular weight excluding hydrogens is 639 g/mol. The van der Waals surface area contributed by atoms with E-state index in [0.29, 0.717) is 12.8 Å². The van der Waals surface area contributed by atoms with Gasteiger partial charge in [0.15, 0.2) is 0 Å². The Morgan fingerprint density at radius 2 is 0.480 bits per heavy atom. The number of aliphatic hydroxyl groups is 2. The average Bonchev–Trinajstić information content (AvgIpc) is 3.10. The monoisotopic (exact) mass is 730 g/mol. The number of aliphatic hydroxyl groups excluding tert-OH is 2. The summed E-state index contributed by atoms with van der Waals surface area (Å²) in [6.07, 6.45) is 49.3. The molecule has 0 saturated heterocycles. The molecule has 0 aromatic heterocycles. The largest absolute Gasteiger partial charge is 0.702 e. The van der Waals surface area contributed by atoms with E-state index < -0.39 is 20.8 Å². The minimum atomic E-state index is -2.50. The van der Waals surface area contributed by atoms with Gasteiger partial charge in [0, 0.05) is 17.4 Å². The van der Waals surface area contributed by atoms with Crippen molar-refractivity contribution in [2.45, 2.75) is 283 Å². The van der Waals surface area contributed by atoms with Crippen LogP contribution in [-0.2, 0) is 13.6 Å². The van der Waals surface area contributed by atoms with Crippen LogP contribution in [0.15, 0.2) is 0 Å². The number of rotatable bonds is 44. The molecule has 50 heavy (non-hydrogen) atoms. The second-order valence-corrected chi connectivity index (χ2v) is 16.5. The van der Waals surface area contributed by atoms with E-state index in [-0.39, 0.29) is 0 Å². The van der Waals surface area contributed by atoms with Gasteiger partial charge >= 0.3 is 8.25 Å². The Labute approximate surface area is 314 Å². The van der Waals surface area contributed by atoms with Crippen molar-refractivity contribution in [3.8, 4) is 0 Å². The molecule has 0 saturated carbocycles. The standard InChI is InChI=1S/C44H90O5P/c1-3-5-7-9-11-13-15-17-19-21-23-25-27-29-31-33-35-37-39-41-43(45)48-50(47)49-44(46)42-40-38-36-34-32-30-28-26-24-22-20-18-16-14-12-10-8-6-4-2/h43-46H,3-42H2,1-2H3/q+1. The summed E-state index contributed by atoms with van der Waals surface area (Å²) in [6, 6.07) is 0. The first-order chi connectivity index (χ1) is 24.6. The molecule has 2 unspecified atom stereocenters. The van der Waals surface area contributed by atoms with E-state index in [0.717, 1.165) is 25.7 Å². The first kappa shape index (κ1) is 49.9. The molecular formula is C44H90O5P+. The summed E-state index contributed by atoms with van der Waals surface area (Å²) in [5.41, 5.74) is 0. The Bertz CT molecular complexity index is 596. The molecule has 0 aromatic rings.